The highest BCUT2D eigenvalue weighted by molar-refractivity contribution is 7.16. The van der Waals surface area contributed by atoms with Gasteiger partial charge in [0, 0.05) is 17.1 Å². The summed E-state index contributed by atoms with van der Waals surface area (Å²) in [6.45, 7) is 0.384. The van der Waals surface area contributed by atoms with E-state index in [1.807, 2.05) is 0 Å². The Hall–Kier alpha value is -1.74. The van der Waals surface area contributed by atoms with Crippen molar-refractivity contribution in [1.82, 2.24) is 9.88 Å². The predicted molar refractivity (Wildman–Crippen MR) is 79.7 cm³/mol. The van der Waals surface area contributed by atoms with Crippen LogP contribution in [0.5, 0.6) is 0 Å². The van der Waals surface area contributed by atoms with Gasteiger partial charge in [-0.1, -0.05) is 0 Å². The molecule has 0 radical (unpaired) electrons. The second-order valence-electron chi connectivity index (χ2n) is 5.12. The van der Waals surface area contributed by atoms with Gasteiger partial charge in [0.05, 0.1) is 21.8 Å². The molecule has 3 rings (SSSR count). The molecule has 0 spiro atoms. The molecule has 0 aliphatic heterocycles. The van der Waals surface area contributed by atoms with Gasteiger partial charge in [-0.05, 0) is 25.0 Å². The molecule has 1 fully saturated rings. The van der Waals surface area contributed by atoms with Crippen molar-refractivity contribution in [2.45, 2.75) is 31.6 Å². The Morgan fingerprint density at radius 1 is 1.26 bits per heavy atom. The van der Waals surface area contributed by atoms with Crippen LogP contribution >= 0.6 is 22.7 Å². The van der Waals surface area contributed by atoms with Gasteiger partial charge in [0.2, 0.25) is 0 Å². The molecule has 9 heteroatoms. The van der Waals surface area contributed by atoms with E-state index in [2.05, 4.69) is 4.98 Å². The van der Waals surface area contributed by atoms with E-state index in [0.717, 1.165) is 23.8 Å². The second-order valence-corrected chi connectivity index (χ2v) is 7.18. The molecular formula is C14H11F3N2O2S2. The van der Waals surface area contributed by atoms with Crippen molar-refractivity contribution in [2.75, 3.05) is 0 Å². The number of carbonyl (C=O) groups excluding carboxylic acids is 2. The van der Waals surface area contributed by atoms with Gasteiger partial charge in [0.1, 0.15) is 0 Å². The molecule has 23 heavy (non-hydrogen) atoms. The molecule has 1 aliphatic rings. The monoisotopic (exact) mass is 360 g/mol. The third kappa shape index (κ3) is 3.61. The lowest BCUT2D eigenvalue weighted by Gasteiger charge is -2.20. The number of aromatic nitrogens is 1. The van der Waals surface area contributed by atoms with Gasteiger partial charge in [0.25, 0.3) is 11.7 Å². The summed E-state index contributed by atoms with van der Waals surface area (Å²) >= 11 is 2.01. The lowest BCUT2D eigenvalue weighted by atomic mass is 10.3. The quantitative estimate of drug-likeness (QED) is 0.763. The smallest absolute Gasteiger partial charge is 0.330 e. The molecule has 2 heterocycles. The summed E-state index contributed by atoms with van der Waals surface area (Å²) in [5, 5.41) is 0. The van der Waals surface area contributed by atoms with Crippen molar-refractivity contribution in [1.29, 1.82) is 0 Å². The van der Waals surface area contributed by atoms with Crippen molar-refractivity contribution >= 4 is 34.4 Å². The van der Waals surface area contributed by atoms with Gasteiger partial charge in [-0.15, -0.1) is 22.7 Å². The summed E-state index contributed by atoms with van der Waals surface area (Å²) in [4.78, 5) is 30.0. The lowest BCUT2D eigenvalue weighted by Crippen LogP contribution is -2.31. The molecule has 4 nitrogen and oxygen atoms in total. The molecule has 0 unspecified atom stereocenters. The Morgan fingerprint density at radius 2 is 1.96 bits per heavy atom. The number of hydrogen-bond donors (Lipinski definition) is 0. The van der Waals surface area contributed by atoms with Crippen LogP contribution in [-0.2, 0) is 6.54 Å². The lowest BCUT2D eigenvalue weighted by molar-refractivity contribution is -0.0882. The van der Waals surface area contributed by atoms with Gasteiger partial charge < -0.3 is 4.90 Å². The zero-order chi connectivity index (χ0) is 16.6. The van der Waals surface area contributed by atoms with Crippen LogP contribution in [0.15, 0.2) is 23.8 Å². The van der Waals surface area contributed by atoms with Crippen molar-refractivity contribution in [3.8, 4) is 0 Å². The molecule has 1 saturated carbocycles. The number of halogens is 3. The first-order valence-electron chi connectivity index (χ1n) is 6.76. The maximum absolute atomic E-state index is 12.6. The molecule has 0 atom stereocenters. The fourth-order valence-corrected chi connectivity index (χ4v) is 3.61. The summed E-state index contributed by atoms with van der Waals surface area (Å²) in [7, 11) is 0. The maximum atomic E-state index is 12.6. The highest BCUT2D eigenvalue weighted by Crippen LogP contribution is 2.33. The van der Waals surface area contributed by atoms with Crippen LogP contribution in [0.2, 0.25) is 0 Å². The first kappa shape index (κ1) is 16.1. The van der Waals surface area contributed by atoms with Crippen molar-refractivity contribution < 1.29 is 22.8 Å². The maximum Gasteiger partial charge on any atom is 0.455 e. The number of rotatable bonds is 5. The van der Waals surface area contributed by atoms with Gasteiger partial charge >= 0.3 is 6.18 Å². The average Bonchev–Trinajstić information content (AvgIpc) is 3.02. The summed E-state index contributed by atoms with van der Waals surface area (Å²) in [6.07, 6.45) is -1.50. The number of carbonyl (C=O) groups is 2. The van der Waals surface area contributed by atoms with E-state index in [1.54, 1.807) is 16.6 Å². The van der Waals surface area contributed by atoms with E-state index < -0.39 is 16.8 Å². The van der Waals surface area contributed by atoms with E-state index in [1.165, 1.54) is 17.4 Å². The van der Waals surface area contributed by atoms with Gasteiger partial charge in [-0.3, -0.25) is 14.6 Å². The molecule has 0 N–H and O–H groups in total. The summed E-state index contributed by atoms with van der Waals surface area (Å²) in [6, 6.07) is 2.45. The largest absolute Gasteiger partial charge is 0.455 e. The van der Waals surface area contributed by atoms with Crippen molar-refractivity contribution in [2.24, 2.45) is 0 Å². The number of thiazole rings is 1. The van der Waals surface area contributed by atoms with Gasteiger partial charge in [0.15, 0.2) is 0 Å². The fraction of sp³-hybridized carbons (Fsp3) is 0.357. The summed E-state index contributed by atoms with van der Waals surface area (Å²) in [5.41, 5.74) is 1.66. The number of nitrogens with zero attached hydrogens (tertiary/aromatic N) is 2. The average molecular weight is 360 g/mol. The zero-order valence-corrected chi connectivity index (χ0v) is 13.3. The molecule has 2 aromatic rings. The third-order valence-corrected chi connectivity index (χ3v) is 5.19. The highest BCUT2D eigenvalue weighted by Gasteiger charge is 2.41. The number of ketones is 1. The first-order chi connectivity index (χ1) is 10.9. The zero-order valence-electron chi connectivity index (χ0n) is 11.7. The van der Waals surface area contributed by atoms with Crippen LogP contribution < -0.4 is 0 Å². The fourth-order valence-electron chi connectivity index (χ4n) is 2.10. The number of amides is 1. The molecule has 122 valence electrons. The Bertz CT molecular complexity index is 721. The number of Topliss-reactive ketones (excluding diaryl/α,β-unsaturated/α-hetero) is 1. The minimum Gasteiger partial charge on any atom is -0.330 e. The SMILES string of the molecule is O=C(c1ccc(C(=O)C(F)(F)F)s1)N(Cc1cncs1)C1CC1. The molecule has 0 bridgehead atoms. The third-order valence-electron chi connectivity index (χ3n) is 3.36. The van der Waals surface area contributed by atoms with Crippen LogP contribution in [0.25, 0.3) is 0 Å². The minimum atomic E-state index is -4.93. The van der Waals surface area contributed by atoms with Crippen LogP contribution in [0.1, 0.15) is 37.1 Å². The Kier molecular flexibility index (Phi) is 4.24. The van der Waals surface area contributed by atoms with E-state index in [-0.39, 0.29) is 16.8 Å². The Labute approximate surface area is 137 Å². The van der Waals surface area contributed by atoms with Crippen molar-refractivity contribution in [3.63, 3.8) is 0 Å². The normalized spacial score (nSPS) is 14.7. The number of alkyl halides is 3. The summed E-state index contributed by atoms with van der Waals surface area (Å²) in [5.74, 6) is -2.26. The van der Waals surface area contributed by atoms with E-state index in [0.29, 0.717) is 17.9 Å². The second kappa shape index (κ2) is 6.04. The Morgan fingerprint density at radius 3 is 2.52 bits per heavy atom. The predicted octanol–water partition coefficient (Wildman–Crippen LogP) is 3.75. The molecule has 2 aromatic heterocycles. The topological polar surface area (TPSA) is 50.3 Å². The van der Waals surface area contributed by atoms with Crippen LogP contribution in [0, 0.1) is 0 Å². The first-order valence-corrected chi connectivity index (χ1v) is 8.45. The van der Waals surface area contributed by atoms with Gasteiger partial charge in [-0.25, -0.2) is 0 Å². The molecule has 0 aromatic carbocycles. The van der Waals surface area contributed by atoms with E-state index >= 15 is 0 Å². The van der Waals surface area contributed by atoms with E-state index in [9.17, 15) is 22.8 Å². The Balaban J connectivity index is 1.78. The number of hydrogen-bond acceptors (Lipinski definition) is 5. The van der Waals surface area contributed by atoms with Crippen LogP contribution in [-0.4, -0.2) is 33.8 Å². The standard InChI is InChI=1S/C14H11F3N2O2S2/c15-14(16,17)12(20)10-3-4-11(23-10)13(21)19(8-1-2-8)6-9-5-18-7-22-9/h3-5,7-8H,1-2,6H2. The van der Waals surface area contributed by atoms with Crippen LogP contribution in [0.4, 0.5) is 13.2 Å². The minimum absolute atomic E-state index is 0.105. The van der Waals surface area contributed by atoms with E-state index in [4.69, 9.17) is 0 Å². The molecule has 1 amide bonds. The number of thiophene rings is 1. The molecular weight excluding hydrogens is 349 g/mol. The summed E-state index contributed by atoms with van der Waals surface area (Å²) < 4.78 is 37.4. The molecule has 1 aliphatic carbocycles. The molecule has 0 saturated heterocycles. The highest BCUT2D eigenvalue weighted by atomic mass is 32.1. The van der Waals surface area contributed by atoms with Crippen LogP contribution in [0.3, 0.4) is 0 Å². The van der Waals surface area contributed by atoms with Gasteiger partial charge in [-0.2, -0.15) is 13.2 Å². The van der Waals surface area contributed by atoms with Crippen molar-refractivity contribution in [3.05, 3.63) is 38.5 Å².